The van der Waals surface area contributed by atoms with Crippen molar-refractivity contribution < 1.29 is 18.3 Å². The summed E-state index contributed by atoms with van der Waals surface area (Å²) in [6.07, 6.45) is 3.07. The maximum absolute atomic E-state index is 14.3. The first-order chi connectivity index (χ1) is 16.0. The molecule has 2 aromatic carbocycles. The third-order valence-electron chi connectivity index (χ3n) is 5.80. The number of para-hydroxylation sites is 1. The summed E-state index contributed by atoms with van der Waals surface area (Å²) in [5.74, 6) is -0.566. The second-order valence-corrected chi connectivity index (χ2v) is 8.19. The molecule has 0 atom stereocenters. The van der Waals surface area contributed by atoms with Gasteiger partial charge in [-0.2, -0.15) is 5.10 Å². The summed E-state index contributed by atoms with van der Waals surface area (Å²) >= 11 is 0. The molecular weight excluding hydrogens is 426 g/mol. The predicted molar refractivity (Wildman–Crippen MR) is 122 cm³/mol. The molecule has 3 aromatic rings. The highest BCUT2D eigenvalue weighted by Gasteiger charge is 2.21. The number of hydrogen-bond donors (Lipinski definition) is 1. The van der Waals surface area contributed by atoms with Crippen LogP contribution >= 0.6 is 0 Å². The standard InChI is InChI=1S/C25H28F2N4O2/c1-18-21(12-13-24(32)28-14-17-30-15-4-5-16-30)25(33-23-7-3-2-6-22(23)27)31(29-18)20-10-8-19(26)9-11-20/h2-3,6-11H,4-5,12-17H2,1H3,(H,28,32). The Morgan fingerprint density at radius 3 is 2.55 bits per heavy atom. The van der Waals surface area contributed by atoms with Gasteiger partial charge in [0.2, 0.25) is 11.8 Å². The molecule has 1 aliphatic heterocycles. The number of hydrogen-bond acceptors (Lipinski definition) is 4. The van der Waals surface area contributed by atoms with Crippen LogP contribution in [-0.4, -0.2) is 46.8 Å². The normalized spacial score (nSPS) is 13.9. The molecule has 174 valence electrons. The summed E-state index contributed by atoms with van der Waals surface area (Å²) < 4.78 is 35.2. The summed E-state index contributed by atoms with van der Waals surface area (Å²) in [6, 6.07) is 11.9. The van der Waals surface area contributed by atoms with E-state index in [9.17, 15) is 13.6 Å². The van der Waals surface area contributed by atoms with Gasteiger partial charge < -0.3 is 15.0 Å². The van der Waals surface area contributed by atoms with Crippen LogP contribution in [0, 0.1) is 18.6 Å². The van der Waals surface area contributed by atoms with E-state index in [1.807, 2.05) is 6.92 Å². The second kappa shape index (κ2) is 10.6. The van der Waals surface area contributed by atoms with Crippen molar-refractivity contribution in [2.75, 3.05) is 26.2 Å². The van der Waals surface area contributed by atoms with Crippen LogP contribution < -0.4 is 10.1 Å². The number of aromatic nitrogens is 2. The first kappa shape index (κ1) is 22.9. The molecule has 0 unspecified atom stereocenters. The zero-order chi connectivity index (χ0) is 23.2. The van der Waals surface area contributed by atoms with Crippen LogP contribution in [0.4, 0.5) is 8.78 Å². The molecule has 0 bridgehead atoms. The van der Waals surface area contributed by atoms with Crippen LogP contribution in [0.3, 0.4) is 0 Å². The highest BCUT2D eigenvalue weighted by atomic mass is 19.1. The van der Waals surface area contributed by atoms with Gasteiger partial charge in [-0.1, -0.05) is 12.1 Å². The lowest BCUT2D eigenvalue weighted by molar-refractivity contribution is -0.121. The van der Waals surface area contributed by atoms with E-state index >= 15 is 0 Å². The summed E-state index contributed by atoms with van der Waals surface area (Å²) in [5.41, 5.74) is 1.94. The van der Waals surface area contributed by atoms with Crippen LogP contribution in [0.25, 0.3) is 5.69 Å². The number of carbonyl (C=O) groups is 1. The summed E-state index contributed by atoms with van der Waals surface area (Å²) in [6.45, 7) is 5.47. The fourth-order valence-corrected chi connectivity index (χ4v) is 4.01. The Morgan fingerprint density at radius 2 is 1.82 bits per heavy atom. The maximum Gasteiger partial charge on any atom is 0.226 e. The van der Waals surface area contributed by atoms with Gasteiger partial charge in [0, 0.05) is 25.1 Å². The van der Waals surface area contributed by atoms with Crippen LogP contribution in [-0.2, 0) is 11.2 Å². The Bertz CT molecular complexity index is 1090. The van der Waals surface area contributed by atoms with Crippen molar-refractivity contribution in [1.29, 1.82) is 0 Å². The molecule has 1 saturated heterocycles. The summed E-state index contributed by atoms with van der Waals surface area (Å²) in [5, 5.41) is 7.51. The number of ether oxygens (including phenoxy) is 1. The number of carbonyl (C=O) groups excluding carboxylic acids is 1. The van der Waals surface area contributed by atoms with Crippen LogP contribution in [0.5, 0.6) is 11.6 Å². The molecule has 4 rings (SSSR count). The van der Waals surface area contributed by atoms with E-state index in [0.717, 1.165) is 19.6 Å². The highest BCUT2D eigenvalue weighted by molar-refractivity contribution is 5.76. The number of aryl methyl sites for hydroxylation is 1. The van der Waals surface area contributed by atoms with Crippen LogP contribution in [0.2, 0.25) is 0 Å². The number of likely N-dealkylation sites (tertiary alicyclic amines) is 1. The Kier molecular flexibility index (Phi) is 7.34. The number of nitrogens with zero attached hydrogens (tertiary/aromatic N) is 3. The molecule has 0 saturated carbocycles. The molecule has 1 amide bonds. The number of amides is 1. The topological polar surface area (TPSA) is 59.4 Å². The van der Waals surface area contributed by atoms with Gasteiger partial charge in [-0.15, -0.1) is 0 Å². The van der Waals surface area contributed by atoms with Gasteiger partial charge in [-0.3, -0.25) is 4.79 Å². The van der Waals surface area contributed by atoms with Gasteiger partial charge in [0.05, 0.1) is 11.4 Å². The molecule has 0 aliphatic carbocycles. The molecule has 0 radical (unpaired) electrons. The molecule has 1 aromatic heterocycles. The van der Waals surface area contributed by atoms with Crippen molar-refractivity contribution in [3.8, 4) is 17.3 Å². The zero-order valence-corrected chi connectivity index (χ0v) is 18.7. The second-order valence-electron chi connectivity index (χ2n) is 8.19. The Labute approximate surface area is 192 Å². The van der Waals surface area contributed by atoms with Gasteiger partial charge in [-0.25, -0.2) is 13.5 Å². The molecule has 1 N–H and O–H groups in total. The minimum atomic E-state index is -0.507. The smallest absolute Gasteiger partial charge is 0.226 e. The highest BCUT2D eigenvalue weighted by Crippen LogP contribution is 2.32. The van der Waals surface area contributed by atoms with Crippen LogP contribution in [0.1, 0.15) is 30.5 Å². The van der Waals surface area contributed by atoms with Crippen molar-refractivity contribution >= 4 is 5.91 Å². The van der Waals surface area contributed by atoms with E-state index in [0.29, 0.717) is 35.8 Å². The van der Waals surface area contributed by atoms with Gasteiger partial charge in [0.15, 0.2) is 11.6 Å². The lowest BCUT2D eigenvalue weighted by Crippen LogP contribution is -2.33. The molecule has 1 fully saturated rings. The van der Waals surface area contributed by atoms with E-state index < -0.39 is 5.82 Å². The number of nitrogens with one attached hydrogen (secondary N) is 1. The minimum Gasteiger partial charge on any atom is -0.436 e. The van der Waals surface area contributed by atoms with E-state index in [1.54, 1.807) is 24.3 Å². The van der Waals surface area contributed by atoms with E-state index in [2.05, 4.69) is 15.3 Å². The fraction of sp³-hybridized carbons (Fsp3) is 0.360. The minimum absolute atomic E-state index is 0.0528. The molecule has 6 nitrogen and oxygen atoms in total. The average Bonchev–Trinajstić information content (AvgIpc) is 3.42. The predicted octanol–water partition coefficient (Wildman–Crippen LogP) is 4.40. The first-order valence-corrected chi connectivity index (χ1v) is 11.3. The molecular formula is C25H28F2N4O2. The summed E-state index contributed by atoms with van der Waals surface area (Å²) in [4.78, 5) is 14.8. The monoisotopic (exact) mass is 454 g/mol. The fourth-order valence-electron chi connectivity index (χ4n) is 4.01. The van der Waals surface area contributed by atoms with Gasteiger partial charge in [0.25, 0.3) is 0 Å². The lowest BCUT2D eigenvalue weighted by Gasteiger charge is -2.15. The van der Waals surface area contributed by atoms with Crippen molar-refractivity contribution in [2.45, 2.75) is 32.6 Å². The largest absolute Gasteiger partial charge is 0.436 e. The van der Waals surface area contributed by atoms with Crippen molar-refractivity contribution in [1.82, 2.24) is 20.0 Å². The molecule has 8 heteroatoms. The Morgan fingerprint density at radius 1 is 1.09 bits per heavy atom. The number of benzene rings is 2. The SMILES string of the molecule is Cc1nn(-c2ccc(F)cc2)c(Oc2ccccc2F)c1CCC(=O)NCCN1CCCC1. The lowest BCUT2D eigenvalue weighted by atomic mass is 10.1. The molecule has 1 aliphatic rings. The summed E-state index contributed by atoms with van der Waals surface area (Å²) in [7, 11) is 0. The number of rotatable bonds is 9. The number of halogens is 2. The Hall–Kier alpha value is -3.26. The van der Waals surface area contributed by atoms with E-state index in [1.165, 1.54) is 41.8 Å². The third kappa shape index (κ3) is 5.76. The third-order valence-corrected chi connectivity index (χ3v) is 5.80. The maximum atomic E-state index is 14.3. The van der Waals surface area contributed by atoms with Crippen LogP contribution in [0.15, 0.2) is 48.5 Å². The average molecular weight is 455 g/mol. The van der Waals surface area contributed by atoms with Crippen molar-refractivity contribution in [3.63, 3.8) is 0 Å². The van der Waals surface area contributed by atoms with Gasteiger partial charge in [-0.05, 0) is 75.7 Å². The van der Waals surface area contributed by atoms with Crippen molar-refractivity contribution in [3.05, 3.63) is 71.4 Å². The molecule has 2 heterocycles. The van der Waals surface area contributed by atoms with Gasteiger partial charge >= 0.3 is 0 Å². The molecule has 0 spiro atoms. The Balaban J connectivity index is 1.51. The zero-order valence-electron chi connectivity index (χ0n) is 18.7. The van der Waals surface area contributed by atoms with Gasteiger partial charge in [0.1, 0.15) is 5.82 Å². The van der Waals surface area contributed by atoms with Crippen molar-refractivity contribution in [2.24, 2.45) is 0 Å². The first-order valence-electron chi connectivity index (χ1n) is 11.3. The van der Waals surface area contributed by atoms with E-state index in [-0.39, 0.29) is 23.9 Å². The quantitative estimate of drug-likeness (QED) is 0.521. The molecule has 33 heavy (non-hydrogen) atoms. The van der Waals surface area contributed by atoms with E-state index in [4.69, 9.17) is 4.74 Å².